The fraction of sp³-hybridized carbons (Fsp3) is 0.455. The molecule has 0 aliphatic carbocycles. The number of nitrogens with zero attached hydrogens (tertiary/aromatic N) is 1. The van der Waals surface area contributed by atoms with Crippen LogP contribution in [0, 0.1) is 5.92 Å². The number of amides is 1. The molecule has 29 heavy (non-hydrogen) atoms. The molecule has 1 amide bonds. The van der Waals surface area contributed by atoms with E-state index < -0.39 is 0 Å². The van der Waals surface area contributed by atoms with Gasteiger partial charge in [-0.05, 0) is 30.4 Å². The number of benzene rings is 1. The van der Waals surface area contributed by atoms with Crippen molar-refractivity contribution in [3.63, 3.8) is 0 Å². The van der Waals surface area contributed by atoms with Gasteiger partial charge >= 0.3 is 0 Å². The van der Waals surface area contributed by atoms with E-state index in [4.69, 9.17) is 9.47 Å². The van der Waals surface area contributed by atoms with Gasteiger partial charge in [-0.3, -0.25) is 9.59 Å². The number of ether oxygens (including phenoxy) is 2. The maximum absolute atomic E-state index is 13.1. The van der Waals surface area contributed by atoms with Gasteiger partial charge < -0.3 is 24.7 Å². The summed E-state index contributed by atoms with van der Waals surface area (Å²) in [6, 6.07) is 9.48. The molecule has 0 saturated heterocycles. The van der Waals surface area contributed by atoms with Crippen molar-refractivity contribution in [1.29, 1.82) is 0 Å². The van der Waals surface area contributed by atoms with Crippen LogP contribution in [0.5, 0.6) is 11.5 Å². The number of carbonyl (C=O) groups excluding carboxylic acids is 1. The van der Waals surface area contributed by atoms with Crippen LogP contribution in [0.3, 0.4) is 0 Å². The highest BCUT2D eigenvalue weighted by Crippen LogP contribution is 2.27. The monoisotopic (exact) mass is 397 g/mol. The highest BCUT2D eigenvalue weighted by Gasteiger charge is 2.24. The van der Waals surface area contributed by atoms with E-state index >= 15 is 0 Å². The van der Waals surface area contributed by atoms with E-state index in [0.717, 1.165) is 30.8 Å². The van der Waals surface area contributed by atoms with Crippen LogP contribution < -0.4 is 25.7 Å². The number of rotatable bonds is 4. The van der Waals surface area contributed by atoms with Crippen LogP contribution in [0.4, 0.5) is 0 Å². The molecule has 2 aliphatic heterocycles. The summed E-state index contributed by atoms with van der Waals surface area (Å²) in [5.41, 5.74) is 2.26. The van der Waals surface area contributed by atoms with E-state index in [9.17, 15) is 9.59 Å². The Hall–Kier alpha value is -2.80. The Kier molecular flexibility index (Phi) is 5.85. The Bertz CT molecular complexity index is 954. The molecule has 2 aliphatic rings. The summed E-state index contributed by atoms with van der Waals surface area (Å²) < 4.78 is 12.9. The molecule has 4 rings (SSSR count). The van der Waals surface area contributed by atoms with Crippen LogP contribution >= 0.6 is 0 Å². The normalized spacial score (nSPS) is 18.4. The lowest BCUT2D eigenvalue weighted by Crippen LogP contribution is -2.34. The smallest absolute Gasteiger partial charge is 0.256 e. The molecule has 0 bridgehead atoms. The molecule has 1 aromatic carbocycles. The first-order valence-corrected chi connectivity index (χ1v) is 10.2. The predicted octanol–water partition coefficient (Wildman–Crippen LogP) is 1.37. The number of hydrogen-bond donors (Lipinski definition) is 2. The predicted molar refractivity (Wildman–Crippen MR) is 110 cm³/mol. The summed E-state index contributed by atoms with van der Waals surface area (Å²) in [6.07, 6.45) is 2.35. The minimum absolute atomic E-state index is 0.130. The lowest BCUT2D eigenvalue weighted by molar-refractivity contribution is 0.0940. The number of methoxy groups -OCH3 is 1. The quantitative estimate of drug-likeness (QED) is 0.815. The van der Waals surface area contributed by atoms with Crippen molar-refractivity contribution < 1.29 is 14.3 Å². The highest BCUT2D eigenvalue weighted by molar-refractivity contribution is 5.98. The summed E-state index contributed by atoms with van der Waals surface area (Å²) in [6.45, 7) is 3.18. The number of carbonyl (C=O) groups is 1. The van der Waals surface area contributed by atoms with Gasteiger partial charge in [0.05, 0.1) is 13.7 Å². The standard InChI is InChI=1S/C22H27N3O4/c1-28-19-13-20(26)25-10-9-23-8-6-17(25)21(19)22(27)24-14-15-7-11-29-18-5-3-2-4-16(18)12-15/h2-5,13,15,23H,6-12,14H2,1H3,(H,24,27)/t15-/m0/s1. The lowest BCUT2D eigenvalue weighted by atomic mass is 9.96. The summed E-state index contributed by atoms with van der Waals surface area (Å²) in [5.74, 6) is 1.38. The van der Waals surface area contributed by atoms with Crippen LogP contribution in [0.1, 0.15) is 28.0 Å². The summed E-state index contributed by atoms with van der Waals surface area (Å²) in [5, 5.41) is 6.36. The van der Waals surface area contributed by atoms with Gasteiger partial charge in [0, 0.05) is 44.4 Å². The zero-order valence-electron chi connectivity index (χ0n) is 16.7. The van der Waals surface area contributed by atoms with Gasteiger partial charge in [-0.25, -0.2) is 0 Å². The van der Waals surface area contributed by atoms with E-state index in [-0.39, 0.29) is 11.5 Å². The minimum Gasteiger partial charge on any atom is -0.496 e. The largest absolute Gasteiger partial charge is 0.496 e. The minimum atomic E-state index is -0.189. The molecule has 1 atom stereocenters. The number of para-hydroxylation sites is 1. The zero-order valence-corrected chi connectivity index (χ0v) is 16.7. The Labute approximate surface area is 170 Å². The van der Waals surface area contributed by atoms with Gasteiger partial charge in [0.2, 0.25) is 0 Å². The molecular weight excluding hydrogens is 370 g/mol. The number of hydrogen-bond acceptors (Lipinski definition) is 5. The van der Waals surface area contributed by atoms with Crippen LogP contribution in [-0.4, -0.2) is 43.8 Å². The van der Waals surface area contributed by atoms with Crippen LogP contribution in [0.2, 0.25) is 0 Å². The maximum Gasteiger partial charge on any atom is 0.256 e. The number of nitrogens with one attached hydrogen (secondary N) is 2. The Morgan fingerprint density at radius 1 is 1.34 bits per heavy atom. The fourth-order valence-corrected chi connectivity index (χ4v) is 4.17. The first kappa shape index (κ1) is 19.5. The van der Waals surface area contributed by atoms with Crippen molar-refractivity contribution in [2.24, 2.45) is 5.92 Å². The second-order valence-electron chi connectivity index (χ2n) is 7.55. The van der Waals surface area contributed by atoms with Crippen LogP contribution in [0.25, 0.3) is 0 Å². The van der Waals surface area contributed by atoms with E-state index in [1.807, 2.05) is 18.2 Å². The Morgan fingerprint density at radius 2 is 2.21 bits per heavy atom. The molecule has 0 fully saturated rings. The van der Waals surface area contributed by atoms with E-state index in [2.05, 4.69) is 16.7 Å². The van der Waals surface area contributed by atoms with Gasteiger partial charge in [-0.1, -0.05) is 18.2 Å². The second-order valence-corrected chi connectivity index (χ2v) is 7.55. The van der Waals surface area contributed by atoms with E-state index in [0.29, 0.717) is 49.9 Å². The third kappa shape index (κ3) is 4.15. The lowest BCUT2D eigenvalue weighted by Gasteiger charge is -2.19. The Morgan fingerprint density at radius 3 is 3.07 bits per heavy atom. The highest BCUT2D eigenvalue weighted by atomic mass is 16.5. The van der Waals surface area contributed by atoms with Crippen LogP contribution in [0.15, 0.2) is 35.1 Å². The van der Waals surface area contributed by atoms with Crippen molar-refractivity contribution in [3.05, 3.63) is 57.5 Å². The SMILES string of the molecule is COc1cc(=O)n2c(c1C(=O)NC[C@H]1CCOc3ccccc3C1)CCNCC2. The number of fused-ring (bicyclic) bond motifs is 2. The van der Waals surface area contributed by atoms with Crippen molar-refractivity contribution in [2.75, 3.05) is 33.4 Å². The maximum atomic E-state index is 13.1. The van der Waals surface area contributed by atoms with Gasteiger partial charge in [0.1, 0.15) is 17.1 Å². The molecule has 154 valence electrons. The van der Waals surface area contributed by atoms with E-state index in [1.165, 1.54) is 18.7 Å². The first-order valence-electron chi connectivity index (χ1n) is 10.2. The molecule has 2 aromatic rings. The topological polar surface area (TPSA) is 81.6 Å². The molecule has 2 N–H and O–H groups in total. The number of aromatic nitrogens is 1. The van der Waals surface area contributed by atoms with Crippen LogP contribution in [-0.2, 0) is 19.4 Å². The third-order valence-electron chi connectivity index (χ3n) is 5.70. The fourth-order valence-electron chi connectivity index (χ4n) is 4.17. The van der Waals surface area contributed by atoms with Crippen molar-refractivity contribution in [1.82, 2.24) is 15.2 Å². The van der Waals surface area contributed by atoms with Crippen molar-refractivity contribution >= 4 is 5.91 Å². The summed E-state index contributed by atoms with van der Waals surface area (Å²) in [7, 11) is 1.50. The number of pyridine rings is 1. The molecule has 0 unspecified atom stereocenters. The average Bonchev–Trinajstić information content (AvgIpc) is 3.10. The second kappa shape index (κ2) is 8.69. The average molecular weight is 397 g/mol. The molecule has 3 heterocycles. The zero-order chi connectivity index (χ0) is 20.2. The molecule has 1 aromatic heterocycles. The third-order valence-corrected chi connectivity index (χ3v) is 5.70. The van der Waals surface area contributed by atoms with Gasteiger partial charge in [-0.15, -0.1) is 0 Å². The van der Waals surface area contributed by atoms with Crippen molar-refractivity contribution in [2.45, 2.75) is 25.8 Å². The first-order chi connectivity index (χ1) is 14.2. The Balaban J connectivity index is 1.54. The summed E-state index contributed by atoms with van der Waals surface area (Å²) in [4.78, 5) is 25.6. The molecule has 7 heteroatoms. The molecular formula is C22H27N3O4. The van der Waals surface area contributed by atoms with Gasteiger partial charge in [0.25, 0.3) is 11.5 Å². The van der Waals surface area contributed by atoms with Gasteiger partial charge in [-0.2, -0.15) is 0 Å². The summed E-state index contributed by atoms with van der Waals surface area (Å²) >= 11 is 0. The molecule has 0 spiro atoms. The molecule has 0 saturated carbocycles. The molecule has 0 radical (unpaired) electrons. The van der Waals surface area contributed by atoms with E-state index in [1.54, 1.807) is 4.57 Å². The van der Waals surface area contributed by atoms with Gasteiger partial charge in [0.15, 0.2) is 0 Å². The molecule has 7 nitrogen and oxygen atoms in total. The van der Waals surface area contributed by atoms with Crippen molar-refractivity contribution in [3.8, 4) is 11.5 Å².